The number of allylic oxidation sites excluding steroid dienone is 8. The van der Waals surface area contributed by atoms with E-state index in [0.29, 0.717) is 24.9 Å². The van der Waals surface area contributed by atoms with Crippen LogP contribution in [-0.4, -0.2) is 29.9 Å². The van der Waals surface area contributed by atoms with Gasteiger partial charge in [0.05, 0.1) is 6.61 Å². The third-order valence-electron chi connectivity index (χ3n) is 8.52. The molecular formula is C34H50O4. The van der Waals surface area contributed by atoms with Crippen molar-refractivity contribution >= 4 is 12.1 Å². The lowest BCUT2D eigenvalue weighted by Gasteiger charge is -2.35. The maximum atomic E-state index is 13.1. The molecule has 3 aliphatic rings. The molecule has 3 aliphatic carbocycles. The topological polar surface area (TPSA) is 52.6 Å². The fourth-order valence-corrected chi connectivity index (χ4v) is 5.89. The van der Waals surface area contributed by atoms with Crippen LogP contribution in [-0.2, 0) is 19.1 Å². The summed E-state index contributed by atoms with van der Waals surface area (Å²) in [5.41, 5.74) is 5.56. The first-order chi connectivity index (χ1) is 17.6. The quantitative estimate of drug-likeness (QED) is 0.285. The third-order valence-corrected chi connectivity index (χ3v) is 8.52. The van der Waals surface area contributed by atoms with Gasteiger partial charge in [0.1, 0.15) is 17.0 Å². The molecule has 0 aliphatic heterocycles. The van der Waals surface area contributed by atoms with Crippen LogP contribution < -0.4 is 0 Å². The second-order valence-corrected chi connectivity index (χ2v) is 13.5. The number of carbonyl (C=O) groups is 2. The van der Waals surface area contributed by atoms with Crippen molar-refractivity contribution in [3.05, 3.63) is 57.4 Å². The maximum absolute atomic E-state index is 13.1. The Morgan fingerprint density at radius 2 is 1.63 bits per heavy atom. The number of Topliss-reactive ketones (excluding diaryl/α,β-unsaturated/α-hetero) is 1. The Kier molecular flexibility index (Phi) is 9.18. The van der Waals surface area contributed by atoms with Gasteiger partial charge < -0.3 is 9.47 Å². The molecule has 0 N–H and O–H groups in total. The average molecular weight is 523 g/mol. The second-order valence-electron chi connectivity index (χ2n) is 13.5. The van der Waals surface area contributed by atoms with E-state index in [1.165, 1.54) is 27.9 Å². The van der Waals surface area contributed by atoms with Gasteiger partial charge in [0.15, 0.2) is 12.1 Å². The highest BCUT2D eigenvalue weighted by atomic mass is 16.5. The highest BCUT2D eigenvalue weighted by Gasteiger charge is 2.37. The van der Waals surface area contributed by atoms with Crippen molar-refractivity contribution < 1.29 is 19.1 Å². The molecule has 0 aromatic heterocycles. The lowest BCUT2D eigenvalue weighted by Crippen LogP contribution is -2.38. The van der Waals surface area contributed by atoms with Gasteiger partial charge in [-0.05, 0) is 119 Å². The molecule has 0 saturated carbocycles. The molecular weight excluding hydrogens is 472 g/mol. The summed E-state index contributed by atoms with van der Waals surface area (Å²) in [6, 6.07) is 0. The van der Waals surface area contributed by atoms with Gasteiger partial charge in [0.25, 0.3) is 0 Å². The normalized spacial score (nSPS) is 27.1. The predicted octanol–water partition coefficient (Wildman–Crippen LogP) is 8.39. The van der Waals surface area contributed by atoms with Crippen LogP contribution in [0.2, 0.25) is 0 Å². The molecule has 0 saturated heterocycles. The summed E-state index contributed by atoms with van der Waals surface area (Å²) in [5, 5.41) is 0. The van der Waals surface area contributed by atoms with Crippen molar-refractivity contribution in [1.82, 2.24) is 0 Å². The number of ether oxygens (including phenoxy) is 2. The highest BCUT2D eigenvalue weighted by molar-refractivity contribution is 6.00. The number of ketones is 1. The molecule has 3 rings (SSSR count). The summed E-state index contributed by atoms with van der Waals surface area (Å²) in [6.07, 6.45) is 12.2. The smallest absolute Gasteiger partial charge is 0.164 e. The first-order valence-corrected chi connectivity index (χ1v) is 14.5. The molecule has 0 spiro atoms. The summed E-state index contributed by atoms with van der Waals surface area (Å²) < 4.78 is 12.7. The van der Waals surface area contributed by atoms with Crippen LogP contribution in [0.25, 0.3) is 0 Å². The fraction of sp³-hybridized carbons (Fsp3) is 0.647. The van der Waals surface area contributed by atoms with Gasteiger partial charge in [0.2, 0.25) is 0 Å². The minimum atomic E-state index is -1.02. The van der Waals surface area contributed by atoms with Crippen LogP contribution >= 0.6 is 0 Å². The molecule has 38 heavy (non-hydrogen) atoms. The third kappa shape index (κ3) is 6.86. The van der Waals surface area contributed by atoms with Crippen molar-refractivity contribution in [2.45, 2.75) is 119 Å². The summed E-state index contributed by atoms with van der Waals surface area (Å²) >= 11 is 0. The first kappa shape index (κ1) is 30.3. The van der Waals surface area contributed by atoms with Gasteiger partial charge in [-0.25, -0.2) is 0 Å². The number of hydrogen-bond donors (Lipinski definition) is 0. The zero-order valence-corrected chi connectivity index (χ0v) is 25.5. The standard InChI is InChI=1S/C34H50O4/c1-11-33(9,10)31(36)26-13-12-14-34(19-26,21-35)37-20-29-22(2)15-27(16-23(29)3)28-17-24(4)30(25(5)18-28)38-32(6,7)8/h15,17,19,21,23,25H,11-14,16,18,20H2,1-10H3. The maximum Gasteiger partial charge on any atom is 0.164 e. The average Bonchev–Trinajstić information content (AvgIpc) is 2.84. The van der Waals surface area contributed by atoms with Gasteiger partial charge in [-0.15, -0.1) is 0 Å². The van der Waals surface area contributed by atoms with Gasteiger partial charge in [-0.3, -0.25) is 9.59 Å². The predicted molar refractivity (Wildman–Crippen MR) is 156 cm³/mol. The van der Waals surface area contributed by atoms with Gasteiger partial charge >= 0.3 is 0 Å². The lowest BCUT2D eigenvalue weighted by molar-refractivity contribution is -0.127. The van der Waals surface area contributed by atoms with Crippen molar-refractivity contribution in [3.63, 3.8) is 0 Å². The first-order valence-electron chi connectivity index (χ1n) is 14.5. The molecule has 3 unspecified atom stereocenters. The fourth-order valence-electron chi connectivity index (χ4n) is 5.89. The Hall–Kier alpha value is -2.20. The molecule has 4 nitrogen and oxygen atoms in total. The summed E-state index contributed by atoms with van der Waals surface area (Å²) in [7, 11) is 0. The van der Waals surface area contributed by atoms with Crippen molar-refractivity contribution in [3.8, 4) is 0 Å². The Balaban J connectivity index is 1.82. The van der Waals surface area contributed by atoms with Crippen LogP contribution in [0, 0.1) is 17.3 Å². The van der Waals surface area contributed by atoms with E-state index >= 15 is 0 Å². The summed E-state index contributed by atoms with van der Waals surface area (Å²) in [6.45, 7) is 21.5. The minimum absolute atomic E-state index is 0.138. The van der Waals surface area contributed by atoms with E-state index < -0.39 is 11.0 Å². The minimum Gasteiger partial charge on any atom is -0.492 e. The van der Waals surface area contributed by atoms with E-state index in [4.69, 9.17) is 9.47 Å². The number of carbonyl (C=O) groups excluding carboxylic acids is 2. The Morgan fingerprint density at radius 3 is 2.16 bits per heavy atom. The highest BCUT2D eigenvalue weighted by Crippen LogP contribution is 2.41. The van der Waals surface area contributed by atoms with Gasteiger partial charge in [-0.2, -0.15) is 0 Å². The zero-order chi connectivity index (χ0) is 28.5. The number of hydrogen-bond acceptors (Lipinski definition) is 4. The van der Waals surface area contributed by atoms with E-state index in [1.807, 2.05) is 26.8 Å². The summed E-state index contributed by atoms with van der Waals surface area (Å²) in [4.78, 5) is 25.4. The van der Waals surface area contributed by atoms with Crippen LogP contribution in [0.1, 0.15) is 108 Å². The van der Waals surface area contributed by atoms with Crippen molar-refractivity contribution in [1.29, 1.82) is 0 Å². The van der Waals surface area contributed by atoms with E-state index in [-0.39, 0.29) is 11.4 Å². The Labute approximate surface area is 231 Å². The van der Waals surface area contributed by atoms with Crippen LogP contribution in [0.15, 0.2) is 57.4 Å². The van der Waals surface area contributed by atoms with E-state index in [1.54, 1.807) is 0 Å². The Morgan fingerprint density at radius 1 is 1.03 bits per heavy atom. The van der Waals surface area contributed by atoms with Crippen LogP contribution in [0.3, 0.4) is 0 Å². The molecule has 0 amide bonds. The van der Waals surface area contributed by atoms with Crippen LogP contribution in [0.5, 0.6) is 0 Å². The zero-order valence-electron chi connectivity index (χ0n) is 25.5. The monoisotopic (exact) mass is 522 g/mol. The molecule has 0 aromatic carbocycles. The molecule has 210 valence electrons. The molecule has 3 atom stereocenters. The van der Waals surface area contributed by atoms with E-state index in [2.05, 4.69) is 60.6 Å². The van der Waals surface area contributed by atoms with E-state index in [9.17, 15) is 9.59 Å². The molecule has 0 fully saturated rings. The number of rotatable bonds is 9. The van der Waals surface area contributed by atoms with Gasteiger partial charge in [-0.1, -0.05) is 46.8 Å². The lowest BCUT2D eigenvalue weighted by atomic mass is 9.76. The van der Waals surface area contributed by atoms with E-state index in [0.717, 1.165) is 49.7 Å². The largest absolute Gasteiger partial charge is 0.492 e. The van der Waals surface area contributed by atoms with Crippen molar-refractivity contribution in [2.24, 2.45) is 17.3 Å². The Bertz CT molecular complexity index is 1100. The molecule has 0 aromatic rings. The van der Waals surface area contributed by atoms with Gasteiger partial charge in [0, 0.05) is 11.3 Å². The number of aldehydes is 1. The van der Waals surface area contributed by atoms with Crippen LogP contribution in [0.4, 0.5) is 0 Å². The summed E-state index contributed by atoms with van der Waals surface area (Å²) in [5.74, 6) is 1.91. The van der Waals surface area contributed by atoms with Crippen molar-refractivity contribution in [2.75, 3.05) is 6.61 Å². The molecule has 0 bridgehead atoms. The molecule has 0 radical (unpaired) electrons. The molecule has 4 heteroatoms. The second kappa shape index (κ2) is 11.5. The SMILES string of the molecule is CCC(C)(C)C(=O)C1=CC(C=O)(OCC2=C(C)C=C(C3=CC(C)=C(OC(C)(C)C)C(C)C3)CC2C)CCC1. The molecule has 0 heterocycles.